The molecule has 23 heavy (non-hydrogen) atoms. The lowest BCUT2D eigenvalue weighted by Crippen LogP contribution is -2.45. The summed E-state index contributed by atoms with van der Waals surface area (Å²) in [6, 6.07) is 0. The van der Waals surface area contributed by atoms with Gasteiger partial charge in [0.25, 0.3) is 5.79 Å². The zero-order valence-corrected chi connectivity index (χ0v) is 11.7. The minimum Gasteiger partial charge on any atom is -0.440 e. The quantitative estimate of drug-likeness (QED) is 0.575. The van der Waals surface area contributed by atoms with E-state index in [2.05, 4.69) is 0 Å². The van der Waals surface area contributed by atoms with Gasteiger partial charge in [-0.1, -0.05) is 12.2 Å². The van der Waals surface area contributed by atoms with E-state index in [1.165, 1.54) is 0 Å². The van der Waals surface area contributed by atoms with Crippen LogP contribution >= 0.6 is 0 Å². The van der Waals surface area contributed by atoms with Crippen LogP contribution in [-0.2, 0) is 9.47 Å². The molecule has 0 amide bonds. The highest BCUT2D eigenvalue weighted by Crippen LogP contribution is 2.50. The Morgan fingerprint density at radius 2 is 1.09 bits per heavy atom. The average Bonchev–Trinajstić information content (AvgIpc) is 2.62. The molecule has 2 heterocycles. The molecule has 3 aliphatic rings. The Hall–Kier alpha value is -1.86. The third-order valence-corrected chi connectivity index (χ3v) is 3.93. The van der Waals surface area contributed by atoms with Crippen LogP contribution in [0.1, 0.15) is 25.7 Å². The highest BCUT2D eigenvalue weighted by molar-refractivity contribution is 5.42. The second-order valence-electron chi connectivity index (χ2n) is 5.47. The summed E-state index contributed by atoms with van der Waals surface area (Å²) in [5.41, 5.74) is 0.535. The Bertz CT molecular complexity index is 577. The predicted molar refractivity (Wildman–Crippen MR) is 67.8 cm³/mol. The lowest BCUT2D eigenvalue weighted by atomic mass is 9.91. The number of hydrogen-bond donors (Lipinski definition) is 0. The molecule has 1 fully saturated rings. The molecule has 0 aromatic heterocycles. The van der Waals surface area contributed by atoms with Gasteiger partial charge in [-0.15, -0.1) is 0 Å². The van der Waals surface area contributed by atoms with Crippen molar-refractivity contribution in [3.05, 3.63) is 47.0 Å². The summed E-state index contributed by atoms with van der Waals surface area (Å²) in [4.78, 5) is 0. The molecule has 126 valence electrons. The molecular weight excluding hydrogens is 326 g/mol. The maximum absolute atomic E-state index is 13.0. The highest BCUT2D eigenvalue weighted by atomic mass is 19.4. The number of rotatable bonds is 0. The molecule has 1 saturated carbocycles. The van der Waals surface area contributed by atoms with Gasteiger partial charge in [0.1, 0.15) is 0 Å². The van der Waals surface area contributed by atoms with Crippen LogP contribution in [0.15, 0.2) is 47.0 Å². The summed E-state index contributed by atoms with van der Waals surface area (Å²) >= 11 is 0. The van der Waals surface area contributed by atoms with Gasteiger partial charge in [-0.25, -0.2) is 0 Å². The minimum atomic E-state index is -4.81. The fourth-order valence-corrected chi connectivity index (χ4v) is 2.87. The Labute approximate surface area is 127 Å². The fourth-order valence-electron chi connectivity index (χ4n) is 2.87. The summed E-state index contributed by atoms with van der Waals surface area (Å²) in [6.07, 6.45) is -3.95. The van der Waals surface area contributed by atoms with E-state index in [1.54, 1.807) is 0 Å². The van der Waals surface area contributed by atoms with Crippen LogP contribution in [-0.4, -0.2) is 18.1 Å². The maximum Gasteiger partial charge on any atom is 0.449 e. The molecule has 8 heteroatoms. The van der Waals surface area contributed by atoms with Gasteiger partial charge in [-0.2, -0.15) is 26.3 Å². The summed E-state index contributed by atoms with van der Waals surface area (Å²) in [5.74, 6) is -4.87. The van der Waals surface area contributed by atoms with Crippen LogP contribution in [0.5, 0.6) is 0 Å². The predicted octanol–water partition coefficient (Wildman–Crippen LogP) is 5.06. The van der Waals surface area contributed by atoms with E-state index < -0.39 is 29.7 Å². The first-order valence-corrected chi connectivity index (χ1v) is 6.98. The summed E-state index contributed by atoms with van der Waals surface area (Å²) in [5, 5.41) is 0. The number of hydrogen-bond acceptors (Lipinski definition) is 2. The molecule has 0 atom stereocenters. The van der Waals surface area contributed by atoms with Crippen molar-refractivity contribution in [3.63, 3.8) is 0 Å². The first kappa shape index (κ1) is 16.0. The van der Waals surface area contributed by atoms with E-state index in [1.807, 2.05) is 0 Å². The molecule has 1 aliphatic carbocycles. The summed E-state index contributed by atoms with van der Waals surface area (Å²) < 4.78 is 87.7. The summed E-state index contributed by atoms with van der Waals surface area (Å²) in [7, 11) is 0. The molecule has 0 N–H and O–H groups in total. The molecule has 3 rings (SSSR count). The van der Waals surface area contributed by atoms with E-state index in [4.69, 9.17) is 9.47 Å². The Morgan fingerprint density at radius 1 is 0.696 bits per heavy atom. The SMILES string of the molecule is FC(F)(F)C1=CC=C2CCCCC3=CC=C(C(F)(F)F)OC23O1. The van der Waals surface area contributed by atoms with E-state index in [0.29, 0.717) is 25.7 Å². The zero-order chi connectivity index (χ0) is 16.9. The second-order valence-corrected chi connectivity index (χ2v) is 5.47. The maximum atomic E-state index is 13.0. The summed E-state index contributed by atoms with van der Waals surface area (Å²) in [6.45, 7) is 0. The average molecular weight is 338 g/mol. The van der Waals surface area contributed by atoms with Crippen LogP contribution < -0.4 is 0 Å². The van der Waals surface area contributed by atoms with Gasteiger partial charge in [0.2, 0.25) is 11.5 Å². The van der Waals surface area contributed by atoms with Crippen molar-refractivity contribution in [1.29, 1.82) is 0 Å². The van der Waals surface area contributed by atoms with Gasteiger partial charge in [0.15, 0.2) is 0 Å². The van der Waals surface area contributed by atoms with Gasteiger partial charge >= 0.3 is 12.4 Å². The molecule has 0 bridgehead atoms. The van der Waals surface area contributed by atoms with Crippen molar-refractivity contribution in [2.24, 2.45) is 0 Å². The second kappa shape index (κ2) is 5.07. The lowest BCUT2D eigenvalue weighted by Gasteiger charge is -2.42. The van der Waals surface area contributed by atoms with Crippen LogP contribution in [0.4, 0.5) is 26.3 Å². The third kappa shape index (κ3) is 2.74. The van der Waals surface area contributed by atoms with Crippen molar-refractivity contribution in [3.8, 4) is 0 Å². The van der Waals surface area contributed by atoms with Gasteiger partial charge in [-0.3, -0.25) is 0 Å². The molecule has 1 spiro atoms. The third-order valence-electron chi connectivity index (χ3n) is 3.93. The van der Waals surface area contributed by atoms with Gasteiger partial charge in [0.05, 0.1) is 0 Å². The molecule has 0 aromatic rings. The van der Waals surface area contributed by atoms with E-state index >= 15 is 0 Å². The van der Waals surface area contributed by atoms with Crippen LogP contribution in [0.25, 0.3) is 0 Å². The molecule has 0 aromatic carbocycles. The molecule has 2 nitrogen and oxygen atoms in total. The van der Waals surface area contributed by atoms with Crippen molar-refractivity contribution >= 4 is 0 Å². The number of ether oxygens (including phenoxy) is 2. The standard InChI is InChI=1S/C15H12F6O2/c16-14(17,18)11-7-5-9-3-1-2-4-10-6-8-12(15(19,20)21)23-13(9,10)22-11/h5-8H,1-4H2. The molecular formula is C15H12F6O2. The first-order valence-electron chi connectivity index (χ1n) is 6.98. The number of halogens is 6. The zero-order valence-electron chi connectivity index (χ0n) is 11.7. The Balaban J connectivity index is 2.08. The van der Waals surface area contributed by atoms with E-state index in [0.717, 1.165) is 24.3 Å². The lowest BCUT2D eigenvalue weighted by molar-refractivity contribution is -0.230. The molecule has 0 unspecified atom stereocenters. The minimum absolute atomic E-state index is 0.268. The fraction of sp³-hybridized carbons (Fsp3) is 0.467. The molecule has 0 radical (unpaired) electrons. The molecule has 0 saturated heterocycles. The monoisotopic (exact) mass is 338 g/mol. The van der Waals surface area contributed by atoms with Gasteiger partial charge in [0, 0.05) is 11.1 Å². The Morgan fingerprint density at radius 3 is 1.43 bits per heavy atom. The van der Waals surface area contributed by atoms with Crippen LogP contribution in [0.2, 0.25) is 0 Å². The normalized spacial score (nSPS) is 23.7. The molecule has 2 aliphatic heterocycles. The number of allylic oxidation sites excluding steroid dienone is 6. The van der Waals surface area contributed by atoms with E-state index in [-0.39, 0.29) is 11.1 Å². The van der Waals surface area contributed by atoms with Gasteiger partial charge in [-0.05, 0) is 37.8 Å². The first-order chi connectivity index (χ1) is 10.6. The van der Waals surface area contributed by atoms with Crippen molar-refractivity contribution in [2.45, 2.75) is 43.8 Å². The largest absolute Gasteiger partial charge is 0.449 e. The Kier molecular flexibility index (Phi) is 3.53. The van der Waals surface area contributed by atoms with Crippen LogP contribution in [0.3, 0.4) is 0 Å². The van der Waals surface area contributed by atoms with Crippen molar-refractivity contribution in [1.82, 2.24) is 0 Å². The number of alkyl halides is 6. The van der Waals surface area contributed by atoms with Gasteiger partial charge < -0.3 is 9.47 Å². The van der Waals surface area contributed by atoms with Crippen molar-refractivity contribution in [2.75, 3.05) is 0 Å². The topological polar surface area (TPSA) is 18.5 Å². The smallest absolute Gasteiger partial charge is 0.440 e. The highest BCUT2D eigenvalue weighted by Gasteiger charge is 2.54. The van der Waals surface area contributed by atoms with Crippen LogP contribution in [0, 0.1) is 0 Å². The van der Waals surface area contributed by atoms with Crippen molar-refractivity contribution < 1.29 is 35.8 Å². The van der Waals surface area contributed by atoms with E-state index in [9.17, 15) is 26.3 Å².